The average molecular weight is 322 g/mol. The molecule has 120 valence electrons. The summed E-state index contributed by atoms with van der Waals surface area (Å²) in [6, 6.07) is 16.9. The van der Waals surface area contributed by atoms with Gasteiger partial charge in [0.2, 0.25) is 0 Å². The first-order valence-corrected chi connectivity index (χ1v) is 7.35. The summed E-state index contributed by atoms with van der Waals surface area (Å²) in [6.07, 6.45) is 0. The number of aryl methyl sites for hydroxylation is 1. The summed E-state index contributed by atoms with van der Waals surface area (Å²) in [5.74, 6) is -0.507. The first-order chi connectivity index (χ1) is 11.6. The number of amides is 1. The van der Waals surface area contributed by atoms with Crippen LogP contribution in [0.5, 0.6) is 0 Å². The lowest BCUT2D eigenvalue weighted by Gasteiger charge is -2.07. The van der Waals surface area contributed by atoms with Crippen molar-refractivity contribution in [1.82, 2.24) is 10.2 Å². The lowest BCUT2D eigenvalue weighted by Crippen LogP contribution is -2.15. The van der Waals surface area contributed by atoms with E-state index in [1.54, 1.807) is 18.2 Å². The van der Waals surface area contributed by atoms with Crippen LogP contribution in [0.1, 0.15) is 16.1 Å². The summed E-state index contributed by atoms with van der Waals surface area (Å²) >= 11 is 0. The number of hydrogen-bond donors (Lipinski definition) is 2. The predicted molar refractivity (Wildman–Crippen MR) is 90.8 cm³/mol. The minimum Gasteiger partial charge on any atom is -0.339 e. The van der Waals surface area contributed by atoms with E-state index in [2.05, 4.69) is 20.8 Å². The Morgan fingerprint density at radius 1 is 0.958 bits per heavy atom. The van der Waals surface area contributed by atoms with Crippen LogP contribution in [-0.2, 0) is 0 Å². The maximum absolute atomic E-state index is 13.5. The quantitative estimate of drug-likeness (QED) is 0.764. The molecule has 0 aliphatic carbocycles. The van der Waals surface area contributed by atoms with Gasteiger partial charge in [0.25, 0.3) is 5.91 Å². The number of carbonyl (C=O) groups is 1. The number of rotatable bonds is 4. The Morgan fingerprint density at radius 3 is 2.38 bits per heavy atom. The van der Waals surface area contributed by atoms with Gasteiger partial charge in [-0.05, 0) is 43.3 Å². The third-order valence-electron chi connectivity index (χ3n) is 3.34. The molecule has 0 radical (unpaired) electrons. The van der Waals surface area contributed by atoms with Crippen molar-refractivity contribution < 1.29 is 9.18 Å². The Balaban J connectivity index is 1.68. The maximum Gasteiger partial charge on any atom is 0.276 e. The van der Waals surface area contributed by atoms with Crippen LogP contribution < -0.4 is 10.6 Å². The fourth-order valence-electron chi connectivity index (χ4n) is 2.05. The van der Waals surface area contributed by atoms with Crippen molar-refractivity contribution in [2.75, 3.05) is 10.6 Å². The molecule has 0 aliphatic heterocycles. The van der Waals surface area contributed by atoms with E-state index in [4.69, 9.17) is 0 Å². The Morgan fingerprint density at radius 2 is 1.71 bits per heavy atom. The van der Waals surface area contributed by atoms with E-state index in [1.165, 1.54) is 18.2 Å². The number of anilines is 3. The number of nitrogens with one attached hydrogen (secondary N) is 2. The molecule has 0 unspecified atom stereocenters. The van der Waals surface area contributed by atoms with Gasteiger partial charge in [-0.3, -0.25) is 4.79 Å². The molecule has 3 aromatic rings. The fraction of sp³-hybridized carbons (Fsp3) is 0.0556. The van der Waals surface area contributed by atoms with E-state index in [1.807, 2.05) is 31.2 Å². The van der Waals surface area contributed by atoms with Crippen molar-refractivity contribution in [3.05, 3.63) is 77.7 Å². The topological polar surface area (TPSA) is 66.9 Å². The highest BCUT2D eigenvalue weighted by molar-refractivity contribution is 6.02. The van der Waals surface area contributed by atoms with E-state index in [9.17, 15) is 9.18 Å². The zero-order valence-corrected chi connectivity index (χ0v) is 13.0. The van der Waals surface area contributed by atoms with Crippen LogP contribution in [0.3, 0.4) is 0 Å². The lowest BCUT2D eigenvalue weighted by molar-refractivity contribution is 0.102. The molecule has 0 aliphatic rings. The molecule has 3 rings (SSSR count). The zero-order valence-electron chi connectivity index (χ0n) is 13.0. The summed E-state index contributed by atoms with van der Waals surface area (Å²) in [5.41, 5.74) is 2.24. The molecule has 1 aromatic heterocycles. The van der Waals surface area contributed by atoms with E-state index in [0.717, 1.165) is 11.3 Å². The average Bonchev–Trinajstić information content (AvgIpc) is 2.59. The Hall–Kier alpha value is -3.28. The molecule has 0 saturated heterocycles. The Labute approximate surface area is 138 Å². The number of carbonyl (C=O) groups excluding carboxylic acids is 1. The van der Waals surface area contributed by atoms with Gasteiger partial charge in [-0.15, -0.1) is 10.2 Å². The third-order valence-corrected chi connectivity index (χ3v) is 3.34. The summed E-state index contributed by atoms with van der Waals surface area (Å²) in [7, 11) is 0. The van der Waals surface area contributed by atoms with Crippen molar-refractivity contribution in [1.29, 1.82) is 0 Å². The molecule has 0 bridgehead atoms. The number of para-hydroxylation sites is 1. The van der Waals surface area contributed by atoms with Gasteiger partial charge in [-0.25, -0.2) is 4.39 Å². The van der Waals surface area contributed by atoms with Gasteiger partial charge in [0, 0.05) is 5.69 Å². The number of aromatic nitrogens is 2. The van der Waals surface area contributed by atoms with Gasteiger partial charge in [0.1, 0.15) is 5.82 Å². The van der Waals surface area contributed by atoms with Gasteiger partial charge in [0.05, 0.1) is 5.69 Å². The molecular weight excluding hydrogens is 307 g/mol. The normalized spacial score (nSPS) is 10.2. The van der Waals surface area contributed by atoms with Crippen molar-refractivity contribution >= 4 is 23.1 Å². The van der Waals surface area contributed by atoms with Gasteiger partial charge in [0.15, 0.2) is 11.5 Å². The van der Waals surface area contributed by atoms with E-state index in [-0.39, 0.29) is 11.4 Å². The van der Waals surface area contributed by atoms with Gasteiger partial charge in [-0.2, -0.15) is 0 Å². The van der Waals surface area contributed by atoms with Crippen LogP contribution in [0.4, 0.5) is 21.6 Å². The molecule has 0 saturated carbocycles. The van der Waals surface area contributed by atoms with Crippen molar-refractivity contribution in [3.8, 4) is 0 Å². The standard InChI is InChI=1S/C18H15FN4O/c1-12-6-8-13(9-7-12)20-17-11-10-16(22-23-17)18(24)21-15-5-3-2-4-14(15)19/h2-11H,1H3,(H,20,23)(H,21,24). The van der Waals surface area contributed by atoms with Crippen LogP contribution in [0.15, 0.2) is 60.7 Å². The molecule has 6 heteroatoms. The lowest BCUT2D eigenvalue weighted by atomic mass is 10.2. The van der Waals surface area contributed by atoms with Gasteiger partial charge in [-0.1, -0.05) is 29.8 Å². The smallest absolute Gasteiger partial charge is 0.276 e. The molecule has 1 heterocycles. The van der Waals surface area contributed by atoms with Crippen molar-refractivity contribution in [2.24, 2.45) is 0 Å². The predicted octanol–water partition coefficient (Wildman–Crippen LogP) is 3.92. The van der Waals surface area contributed by atoms with Crippen LogP contribution in [-0.4, -0.2) is 16.1 Å². The minimum absolute atomic E-state index is 0.103. The summed E-state index contributed by atoms with van der Waals surface area (Å²) in [6.45, 7) is 2.01. The number of nitrogens with zero attached hydrogens (tertiary/aromatic N) is 2. The summed E-state index contributed by atoms with van der Waals surface area (Å²) in [4.78, 5) is 12.1. The second-order valence-corrected chi connectivity index (χ2v) is 5.23. The first-order valence-electron chi connectivity index (χ1n) is 7.35. The van der Waals surface area contributed by atoms with E-state index in [0.29, 0.717) is 5.82 Å². The first kappa shape index (κ1) is 15.6. The zero-order chi connectivity index (χ0) is 16.9. The van der Waals surface area contributed by atoms with Crippen molar-refractivity contribution in [2.45, 2.75) is 6.92 Å². The van der Waals surface area contributed by atoms with Crippen LogP contribution in [0.25, 0.3) is 0 Å². The maximum atomic E-state index is 13.5. The fourth-order valence-corrected chi connectivity index (χ4v) is 2.05. The van der Waals surface area contributed by atoms with Gasteiger partial charge >= 0.3 is 0 Å². The molecule has 2 aromatic carbocycles. The monoisotopic (exact) mass is 322 g/mol. The summed E-state index contributed by atoms with van der Waals surface area (Å²) < 4.78 is 13.5. The third kappa shape index (κ3) is 3.73. The molecule has 0 spiro atoms. The molecule has 1 amide bonds. The number of hydrogen-bond acceptors (Lipinski definition) is 4. The van der Waals surface area contributed by atoms with Crippen LogP contribution in [0, 0.1) is 12.7 Å². The second-order valence-electron chi connectivity index (χ2n) is 5.23. The van der Waals surface area contributed by atoms with Crippen molar-refractivity contribution in [3.63, 3.8) is 0 Å². The SMILES string of the molecule is Cc1ccc(Nc2ccc(C(=O)Nc3ccccc3F)nn2)cc1. The second kappa shape index (κ2) is 6.87. The molecular formula is C18H15FN4O. The molecule has 2 N–H and O–H groups in total. The summed E-state index contributed by atoms with van der Waals surface area (Å²) in [5, 5.41) is 13.4. The molecule has 24 heavy (non-hydrogen) atoms. The molecule has 0 fully saturated rings. The molecule has 0 atom stereocenters. The van der Waals surface area contributed by atoms with E-state index < -0.39 is 11.7 Å². The highest BCUT2D eigenvalue weighted by atomic mass is 19.1. The molecule has 5 nitrogen and oxygen atoms in total. The van der Waals surface area contributed by atoms with Crippen LogP contribution >= 0.6 is 0 Å². The number of halogens is 1. The Bertz CT molecular complexity index is 848. The number of benzene rings is 2. The highest BCUT2D eigenvalue weighted by Gasteiger charge is 2.11. The minimum atomic E-state index is -0.519. The Kier molecular flexibility index (Phi) is 4.47. The van der Waals surface area contributed by atoms with E-state index >= 15 is 0 Å². The largest absolute Gasteiger partial charge is 0.339 e. The highest BCUT2D eigenvalue weighted by Crippen LogP contribution is 2.16. The van der Waals surface area contributed by atoms with Gasteiger partial charge < -0.3 is 10.6 Å². The van der Waals surface area contributed by atoms with Crippen LogP contribution in [0.2, 0.25) is 0 Å².